The number of hydrogen-bond acceptors (Lipinski definition) is 3. The van der Waals surface area contributed by atoms with Gasteiger partial charge in [-0.1, -0.05) is 13.8 Å². The molecule has 1 aromatic carbocycles. The Morgan fingerprint density at radius 1 is 1.20 bits per heavy atom. The number of hydrogen-bond donors (Lipinski definition) is 1. The van der Waals surface area contributed by atoms with Crippen LogP contribution < -0.4 is 5.32 Å². The molecule has 4 nitrogen and oxygen atoms in total. The monoisotopic (exact) mass is 277 g/mol. The summed E-state index contributed by atoms with van der Waals surface area (Å²) in [7, 11) is 0. The van der Waals surface area contributed by atoms with Crippen LogP contribution in [0.15, 0.2) is 24.3 Å². The van der Waals surface area contributed by atoms with Gasteiger partial charge in [0.2, 0.25) is 5.91 Å². The number of ether oxygens (including phenoxy) is 1. The van der Waals surface area contributed by atoms with Crippen LogP contribution in [0.3, 0.4) is 0 Å². The molecule has 20 heavy (non-hydrogen) atoms. The van der Waals surface area contributed by atoms with Crippen molar-refractivity contribution in [3.05, 3.63) is 29.8 Å². The first kappa shape index (κ1) is 16.2. The Kier molecular flexibility index (Phi) is 5.31. The van der Waals surface area contributed by atoms with Crippen LogP contribution >= 0.6 is 0 Å². The van der Waals surface area contributed by atoms with Crippen molar-refractivity contribution < 1.29 is 14.3 Å². The lowest BCUT2D eigenvalue weighted by atomic mass is 10.1. The zero-order valence-corrected chi connectivity index (χ0v) is 12.8. The minimum atomic E-state index is -0.513. The Labute approximate surface area is 120 Å². The molecular weight excluding hydrogens is 254 g/mol. The lowest BCUT2D eigenvalue weighted by Crippen LogP contribution is -2.24. The lowest BCUT2D eigenvalue weighted by Gasteiger charge is -2.19. The maximum absolute atomic E-state index is 11.8. The molecule has 1 atom stereocenters. The highest BCUT2D eigenvalue weighted by atomic mass is 16.6. The number of rotatable bonds is 4. The first-order valence-corrected chi connectivity index (χ1v) is 6.87. The second-order valence-electron chi connectivity index (χ2n) is 5.88. The van der Waals surface area contributed by atoms with E-state index in [9.17, 15) is 9.59 Å². The van der Waals surface area contributed by atoms with E-state index in [1.165, 1.54) is 0 Å². The van der Waals surface area contributed by atoms with E-state index in [2.05, 4.69) is 5.32 Å². The molecule has 0 spiro atoms. The first-order chi connectivity index (χ1) is 9.23. The Bertz CT molecular complexity index is 471. The van der Waals surface area contributed by atoms with Gasteiger partial charge >= 0.3 is 5.97 Å². The zero-order chi connectivity index (χ0) is 15.3. The second kappa shape index (κ2) is 6.55. The van der Waals surface area contributed by atoms with Crippen LogP contribution in [-0.2, 0) is 9.53 Å². The molecule has 0 aliphatic rings. The minimum Gasteiger partial charge on any atom is -0.456 e. The highest BCUT2D eigenvalue weighted by molar-refractivity contribution is 5.94. The van der Waals surface area contributed by atoms with Gasteiger partial charge in [0.25, 0.3) is 0 Å². The summed E-state index contributed by atoms with van der Waals surface area (Å²) in [5, 5.41) is 2.82. The molecule has 0 aromatic heterocycles. The fourth-order valence-corrected chi connectivity index (χ4v) is 1.48. The number of esters is 1. The molecule has 1 amide bonds. The number of nitrogens with one attached hydrogen (secondary N) is 1. The van der Waals surface area contributed by atoms with Gasteiger partial charge in [0.1, 0.15) is 5.60 Å². The molecule has 1 aromatic rings. The Balaban J connectivity index is 2.69. The van der Waals surface area contributed by atoms with Gasteiger partial charge in [0, 0.05) is 11.6 Å². The molecule has 1 rings (SSSR count). The number of carbonyl (C=O) groups is 2. The van der Waals surface area contributed by atoms with Gasteiger partial charge in [-0.05, 0) is 51.5 Å². The largest absolute Gasteiger partial charge is 0.456 e. The third-order valence-electron chi connectivity index (χ3n) is 2.85. The average Bonchev–Trinajstić information content (AvgIpc) is 2.36. The SMILES string of the molecule is CCC(C)C(=O)Nc1ccc(C(=O)OC(C)(C)C)cc1. The van der Waals surface area contributed by atoms with Crippen molar-refractivity contribution in [1.82, 2.24) is 0 Å². The first-order valence-electron chi connectivity index (χ1n) is 6.87. The fraction of sp³-hybridized carbons (Fsp3) is 0.500. The van der Waals surface area contributed by atoms with E-state index in [1.54, 1.807) is 24.3 Å². The van der Waals surface area contributed by atoms with Crippen molar-refractivity contribution >= 4 is 17.6 Å². The maximum Gasteiger partial charge on any atom is 0.338 e. The van der Waals surface area contributed by atoms with Crippen LogP contribution in [0.1, 0.15) is 51.4 Å². The highest BCUT2D eigenvalue weighted by Gasteiger charge is 2.18. The van der Waals surface area contributed by atoms with Crippen LogP contribution in [0.2, 0.25) is 0 Å². The third kappa shape index (κ3) is 5.03. The normalized spacial score (nSPS) is 12.7. The van der Waals surface area contributed by atoms with Gasteiger partial charge < -0.3 is 10.1 Å². The quantitative estimate of drug-likeness (QED) is 0.855. The summed E-state index contributed by atoms with van der Waals surface area (Å²) in [4.78, 5) is 23.6. The highest BCUT2D eigenvalue weighted by Crippen LogP contribution is 2.15. The van der Waals surface area contributed by atoms with Crippen LogP contribution in [0, 0.1) is 5.92 Å². The van der Waals surface area contributed by atoms with Gasteiger partial charge in [0.05, 0.1) is 5.56 Å². The van der Waals surface area contributed by atoms with Crippen molar-refractivity contribution in [3.63, 3.8) is 0 Å². The molecule has 110 valence electrons. The van der Waals surface area contributed by atoms with Gasteiger partial charge in [-0.25, -0.2) is 4.79 Å². The predicted molar refractivity (Wildman–Crippen MR) is 79.7 cm³/mol. The van der Waals surface area contributed by atoms with E-state index in [1.807, 2.05) is 34.6 Å². The lowest BCUT2D eigenvalue weighted by molar-refractivity contribution is -0.119. The third-order valence-corrected chi connectivity index (χ3v) is 2.85. The van der Waals surface area contributed by atoms with Crippen LogP contribution in [0.25, 0.3) is 0 Å². The van der Waals surface area contributed by atoms with E-state index < -0.39 is 5.60 Å². The molecule has 0 aliphatic heterocycles. The molecule has 1 N–H and O–H groups in total. The summed E-state index contributed by atoms with van der Waals surface area (Å²) < 4.78 is 5.27. The number of amides is 1. The molecule has 0 saturated carbocycles. The Hall–Kier alpha value is -1.84. The van der Waals surface area contributed by atoms with E-state index in [4.69, 9.17) is 4.74 Å². The topological polar surface area (TPSA) is 55.4 Å². The van der Waals surface area contributed by atoms with E-state index in [0.29, 0.717) is 11.3 Å². The van der Waals surface area contributed by atoms with Gasteiger partial charge in [0.15, 0.2) is 0 Å². The molecule has 0 saturated heterocycles. The molecule has 1 unspecified atom stereocenters. The molecule has 0 aliphatic carbocycles. The summed E-state index contributed by atoms with van der Waals surface area (Å²) in [5.41, 5.74) is 0.643. The van der Waals surface area contributed by atoms with Gasteiger partial charge in [-0.2, -0.15) is 0 Å². The Morgan fingerprint density at radius 2 is 1.75 bits per heavy atom. The van der Waals surface area contributed by atoms with Crippen LogP contribution in [0.4, 0.5) is 5.69 Å². The predicted octanol–water partition coefficient (Wildman–Crippen LogP) is 3.63. The van der Waals surface area contributed by atoms with Crippen molar-refractivity contribution in [2.75, 3.05) is 5.32 Å². The van der Waals surface area contributed by atoms with E-state index >= 15 is 0 Å². The molecule has 0 heterocycles. The number of benzene rings is 1. The summed E-state index contributed by atoms with van der Waals surface area (Å²) >= 11 is 0. The number of carbonyl (C=O) groups excluding carboxylic acids is 2. The summed E-state index contributed by atoms with van der Waals surface area (Å²) in [6.45, 7) is 9.32. The van der Waals surface area contributed by atoms with Crippen molar-refractivity contribution in [3.8, 4) is 0 Å². The van der Waals surface area contributed by atoms with Crippen molar-refractivity contribution in [1.29, 1.82) is 0 Å². The van der Waals surface area contributed by atoms with Gasteiger partial charge in [-0.3, -0.25) is 4.79 Å². The molecule has 4 heteroatoms. The van der Waals surface area contributed by atoms with Gasteiger partial charge in [-0.15, -0.1) is 0 Å². The average molecular weight is 277 g/mol. The van der Waals surface area contributed by atoms with E-state index in [-0.39, 0.29) is 17.8 Å². The van der Waals surface area contributed by atoms with Crippen LogP contribution in [0.5, 0.6) is 0 Å². The molecule has 0 radical (unpaired) electrons. The minimum absolute atomic E-state index is 0.0162. The summed E-state index contributed by atoms with van der Waals surface area (Å²) in [6, 6.07) is 6.72. The fourth-order valence-electron chi connectivity index (χ4n) is 1.48. The smallest absolute Gasteiger partial charge is 0.338 e. The van der Waals surface area contributed by atoms with Crippen molar-refractivity contribution in [2.45, 2.75) is 46.6 Å². The van der Waals surface area contributed by atoms with Crippen molar-refractivity contribution in [2.24, 2.45) is 5.92 Å². The molecule has 0 bridgehead atoms. The molecule has 0 fully saturated rings. The maximum atomic E-state index is 11.8. The number of anilines is 1. The summed E-state index contributed by atoms with van der Waals surface area (Å²) in [5.74, 6) is -0.407. The summed E-state index contributed by atoms with van der Waals surface area (Å²) in [6.07, 6.45) is 0.793. The molecular formula is C16H23NO3. The van der Waals surface area contributed by atoms with E-state index in [0.717, 1.165) is 6.42 Å². The zero-order valence-electron chi connectivity index (χ0n) is 12.8. The second-order valence-corrected chi connectivity index (χ2v) is 5.88. The Morgan fingerprint density at radius 3 is 2.20 bits per heavy atom. The standard InChI is InChI=1S/C16H23NO3/c1-6-11(2)14(18)17-13-9-7-12(8-10-13)15(19)20-16(3,4)5/h7-11H,6H2,1-5H3,(H,17,18). The van der Waals surface area contributed by atoms with Crippen LogP contribution in [-0.4, -0.2) is 17.5 Å².